The fourth-order valence-corrected chi connectivity index (χ4v) is 2.65. The Morgan fingerprint density at radius 1 is 1.17 bits per heavy atom. The van der Waals surface area contributed by atoms with Gasteiger partial charge < -0.3 is 10.5 Å². The zero-order valence-electron chi connectivity index (χ0n) is 12.3. The van der Waals surface area contributed by atoms with E-state index in [0.29, 0.717) is 6.04 Å². The molecule has 2 aliphatic rings. The van der Waals surface area contributed by atoms with E-state index in [-0.39, 0.29) is 5.60 Å². The van der Waals surface area contributed by atoms with E-state index in [0.717, 1.165) is 24.8 Å². The molecule has 2 saturated carbocycles. The number of hydrogen-bond acceptors (Lipinski definition) is 3. The zero-order valence-corrected chi connectivity index (χ0v) is 12.3. The molecule has 0 spiro atoms. The number of nitrogens with zero attached hydrogens (tertiary/aromatic N) is 1. The van der Waals surface area contributed by atoms with Crippen molar-refractivity contribution in [2.24, 2.45) is 17.6 Å². The van der Waals surface area contributed by atoms with E-state index in [1.165, 1.54) is 38.8 Å². The molecule has 3 heteroatoms. The third-order valence-electron chi connectivity index (χ3n) is 4.45. The van der Waals surface area contributed by atoms with Gasteiger partial charge in [-0.2, -0.15) is 0 Å². The predicted octanol–water partition coefficient (Wildman–Crippen LogP) is 2.25. The van der Waals surface area contributed by atoms with Crippen molar-refractivity contribution >= 4 is 0 Å². The van der Waals surface area contributed by atoms with Crippen molar-refractivity contribution in [2.75, 3.05) is 26.7 Å². The van der Waals surface area contributed by atoms with Crippen LogP contribution in [0, 0.1) is 11.8 Å². The van der Waals surface area contributed by atoms with E-state index in [1.54, 1.807) is 7.11 Å². The Balaban J connectivity index is 1.90. The molecule has 0 aromatic carbocycles. The predicted molar refractivity (Wildman–Crippen MR) is 75.6 cm³/mol. The van der Waals surface area contributed by atoms with Crippen LogP contribution in [0.1, 0.15) is 46.0 Å². The number of rotatable bonds is 9. The molecule has 0 saturated heterocycles. The second-order valence-electron chi connectivity index (χ2n) is 6.90. The maximum absolute atomic E-state index is 6.03. The minimum atomic E-state index is -0.0601. The first-order valence-electron chi connectivity index (χ1n) is 7.53. The summed E-state index contributed by atoms with van der Waals surface area (Å²) in [4.78, 5) is 2.66. The molecule has 18 heavy (non-hydrogen) atoms. The van der Waals surface area contributed by atoms with Gasteiger partial charge in [0, 0.05) is 32.8 Å². The van der Waals surface area contributed by atoms with E-state index in [4.69, 9.17) is 10.5 Å². The van der Waals surface area contributed by atoms with Crippen LogP contribution in [-0.2, 0) is 4.74 Å². The lowest BCUT2D eigenvalue weighted by molar-refractivity contribution is -0.00893. The summed E-state index contributed by atoms with van der Waals surface area (Å²) in [6.45, 7) is 7.62. The lowest BCUT2D eigenvalue weighted by atomic mass is 9.97. The van der Waals surface area contributed by atoms with Gasteiger partial charge in [-0.25, -0.2) is 0 Å². The van der Waals surface area contributed by atoms with Gasteiger partial charge in [0.15, 0.2) is 0 Å². The van der Waals surface area contributed by atoms with Crippen LogP contribution in [0.25, 0.3) is 0 Å². The minimum absolute atomic E-state index is 0.0601. The Morgan fingerprint density at radius 2 is 1.67 bits per heavy atom. The van der Waals surface area contributed by atoms with Gasteiger partial charge >= 0.3 is 0 Å². The summed E-state index contributed by atoms with van der Waals surface area (Å²) in [6.07, 6.45) is 6.73. The first-order valence-corrected chi connectivity index (χ1v) is 7.53. The van der Waals surface area contributed by atoms with Crippen LogP contribution in [0.4, 0.5) is 0 Å². The highest BCUT2D eigenvalue weighted by atomic mass is 16.5. The molecule has 2 rings (SSSR count). The molecule has 3 nitrogen and oxygen atoms in total. The van der Waals surface area contributed by atoms with E-state index < -0.39 is 0 Å². The molecule has 0 aromatic heterocycles. The Labute approximate surface area is 112 Å². The maximum Gasteiger partial charge on any atom is 0.0638 e. The van der Waals surface area contributed by atoms with Crippen LogP contribution >= 0.6 is 0 Å². The maximum atomic E-state index is 6.03. The number of nitrogens with two attached hydrogens (primary N) is 1. The molecular weight excluding hydrogens is 224 g/mol. The first kappa shape index (κ1) is 14.3. The van der Waals surface area contributed by atoms with Gasteiger partial charge in [-0.3, -0.25) is 4.90 Å². The van der Waals surface area contributed by atoms with Gasteiger partial charge in [0.25, 0.3) is 0 Å². The molecule has 1 unspecified atom stereocenters. The second kappa shape index (κ2) is 5.89. The monoisotopic (exact) mass is 254 g/mol. The third-order valence-corrected chi connectivity index (χ3v) is 4.45. The van der Waals surface area contributed by atoms with E-state index >= 15 is 0 Å². The summed E-state index contributed by atoms with van der Waals surface area (Å²) >= 11 is 0. The molecule has 2 N–H and O–H groups in total. The van der Waals surface area contributed by atoms with Gasteiger partial charge in [-0.05, 0) is 57.8 Å². The van der Waals surface area contributed by atoms with Crippen molar-refractivity contribution in [2.45, 2.75) is 57.6 Å². The zero-order chi connectivity index (χ0) is 13.2. The fourth-order valence-electron chi connectivity index (χ4n) is 2.65. The second-order valence-corrected chi connectivity index (χ2v) is 6.90. The molecular formula is C15H30N2O. The SMILES string of the molecule is COC(C)(C)CC(CN)N(CC1CC1)CC1CC1. The smallest absolute Gasteiger partial charge is 0.0638 e. The van der Waals surface area contributed by atoms with E-state index in [2.05, 4.69) is 18.7 Å². The standard InChI is InChI=1S/C15H30N2O/c1-15(2,18-3)8-14(9-16)17(10-12-4-5-12)11-13-6-7-13/h12-14H,4-11,16H2,1-3H3. The molecule has 2 aliphatic carbocycles. The van der Waals surface area contributed by atoms with Crippen molar-refractivity contribution in [3.8, 4) is 0 Å². The molecule has 2 fully saturated rings. The normalized spacial score (nSPS) is 22.5. The number of hydrogen-bond donors (Lipinski definition) is 1. The highest BCUT2D eigenvalue weighted by Crippen LogP contribution is 2.35. The Kier molecular flexibility index (Phi) is 4.68. The fraction of sp³-hybridized carbons (Fsp3) is 1.00. The summed E-state index contributed by atoms with van der Waals surface area (Å²) in [6, 6.07) is 0.487. The van der Waals surface area contributed by atoms with Crippen LogP contribution in [0.2, 0.25) is 0 Å². The largest absolute Gasteiger partial charge is 0.379 e. The van der Waals surface area contributed by atoms with Crippen LogP contribution < -0.4 is 5.73 Å². The van der Waals surface area contributed by atoms with Crippen molar-refractivity contribution in [1.29, 1.82) is 0 Å². The van der Waals surface area contributed by atoms with Crippen LogP contribution in [0.15, 0.2) is 0 Å². The van der Waals surface area contributed by atoms with Crippen molar-refractivity contribution < 1.29 is 4.74 Å². The molecule has 1 atom stereocenters. The van der Waals surface area contributed by atoms with E-state index in [9.17, 15) is 0 Å². The summed E-state index contributed by atoms with van der Waals surface area (Å²) in [5.74, 6) is 1.90. The van der Waals surface area contributed by atoms with Gasteiger partial charge in [-0.1, -0.05) is 0 Å². The summed E-state index contributed by atoms with van der Waals surface area (Å²) in [7, 11) is 1.81. The first-order chi connectivity index (χ1) is 8.54. The molecule has 0 heterocycles. The molecule has 0 aromatic rings. The summed E-state index contributed by atoms with van der Waals surface area (Å²) < 4.78 is 5.58. The van der Waals surface area contributed by atoms with Gasteiger partial charge in [0.2, 0.25) is 0 Å². The summed E-state index contributed by atoms with van der Waals surface area (Å²) in [5.41, 5.74) is 5.97. The van der Waals surface area contributed by atoms with Crippen molar-refractivity contribution in [3.63, 3.8) is 0 Å². The van der Waals surface area contributed by atoms with Crippen LogP contribution in [0.3, 0.4) is 0 Å². The Morgan fingerprint density at radius 3 is 2.00 bits per heavy atom. The van der Waals surface area contributed by atoms with Crippen LogP contribution in [0.5, 0.6) is 0 Å². The van der Waals surface area contributed by atoms with Crippen molar-refractivity contribution in [1.82, 2.24) is 4.90 Å². The average Bonchev–Trinajstić information content (AvgIpc) is 3.20. The Hall–Kier alpha value is -0.120. The van der Waals surface area contributed by atoms with Gasteiger partial charge in [0.05, 0.1) is 5.60 Å². The molecule has 0 bridgehead atoms. The van der Waals surface area contributed by atoms with Crippen LogP contribution in [-0.4, -0.2) is 43.3 Å². The van der Waals surface area contributed by atoms with Crippen molar-refractivity contribution in [3.05, 3.63) is 0 Å². The number of methoxy groups -OCH3 is 1. The topological polar surface area (TPSA) is 38.5 Å². The molecule has 0 radical (unpaired) electrons. The molecule has 0 amide bonds. The Bertz CT molecular complexity index is 245. The average molecular weight is 254 g/mol. The van der Waals surface area contributed by atoms with E-state index in [1.807, 2.05) is 0 Å². The summed E-state index contributed by atoms with van der Waals surface area (Å²) in [5, 5.41) is 0. The highest BCUT2D eigenvalue weighted by molar-refractivity contribution is 4.88. The minimum Gasteiger partial charge on any atom is -0.379 e. The number of ether oxygens (including phenoxy) is 1. The lowest BCUT2D eigenvalue weighted by Crippen LogP contribution is -2.47. The van der Waals surface area contributed by atoms with Gasteiger partial charge in [-0.15, -0.1) is 0 Å². The molecule has 106 valence electrons. The third kappa shape index (κ3) is 4.52. The molecule has 0 aliphatic heterocycles. The lowest BCUT2D eigenvalue weighted by Gasteiger charge is -2.36. The highest BCUT2D eigenvalue weighted by Gasteiger charge is 2.34. The van der Waals surface area contributed by atoms with Gasteiger partial charge in [0.1, 0.15) is 0 Å². The quantitative estimate of drug-likeness (QED) is 0.686.